The van der Waals surface area contributed by atoms with Gasteiger partial charge in [0.15, 0.2) is 0 Å². The molecule has 2 aromatic rings. The van der Waals surface area contributed by atoms with Crippen molar-refractivity contribution in [2.24, 2.45) is 0 Å². The van der Waals surface area contributed by atoms with Gasteiger partial charge in [0.05, 0.1) is 24.3 Å². The number of nitrogens with zero attached hydrogens (tertiary/aromatic N) is 2. The van der Waals surface area contributed by atoms with E-state index in [9.17, 15) is 4.79 Å². The fraction of sp³-hybridized carbons (Fsp3) is 0.273. The van der Waals surface area contributed by atoms with Crippen molar-refractivity contribution < 1.29 is 9.53 Å². The molecular weight excluding hydrogens is 395 g/mol. The lowest BCUT2D eigenvalue weighted by Gasteiger charge is -2.34. The number of carbonyl (C=O) groups excluding carboxylic acids is 1. The third kappa shape index (κ3) is 2.96. The molecular formula is C22H18Cl2N2O2. The van der Waals surface area contributed by atoms with Crippen LogP contribution < -0.4 is 0 Å². The second kappa shape index (κ2) is 7.16. The van der Waals surface area contributed by atoms with Gasteiger partial charge in [-0.15, -0.1) is 0 Å². The van der Waals surface area contributed by atoms with E-state index in [1.807, 2.05) is 17.0 Å². The van der Waals surface area contributed by atoms with E-state index in [0.717, 1.165) is 18.4 Å². The van der Waals surface area contributed by atoms with Crippen molar-refractivity contribution in [1.82, 2.24) is 4.90 Å². The maximum absolute atomic E-state index is 13.3. The number of ether oxygens (including phenoxy) is 1. The van der Waals surface area contributed by atoms with Crippen LogP contribution in [0.4, 0.5) is 0 Å². The summed E-state index contributed by atoms with van der Waals surface area (Å²) in [5.74, 6) is 0.610. The Hall–Kier alpha value is -2.48. The third-order valence-electron chi connectivity index (χ3n) is 5.53. The highest BCUT2D eigenvalue weighted by molar-refractivity contribution is 6.35. The number of hydrogen-bond acceptors (Lipinski definition) is 3. The summed E-state index contributed by atoms with van der Waals surface area (Å²) in [6.07, 6.45) is 2.36. The number of amides is 1. The molecule has 28 heavy (non-hydrogen) atoms. The van der Waals surface area contributed by atoms with E-state index in [0.29, 0.717) is 45.5 Å². The molecule has 0 spiro atoms. The van der Waals surface area contributed by atoms with Crippen molar-refractivity contribution in [3.8, 4) is 6.07 Å². The summed E-state index contributed by atoms with van der Waals surface area (Å²) in [7, 11) is 1.61. The molecule has 4 rings (SSSR count). The van der Waals surface area contributed by atoms with E-state index < -0.39 is 5.54 Å². The van der Waals surface area contributed by atoms with Gasteiger partial charge in [-0.2, -0.15) is 5.26 Å². The lowest BCUT2D eigenvalue weighted by atomic mass is 9.86. The molecule has 0 unspecified atom stereocenters. The zero-order chi connectivity index (χ0) is 19.9. The first kappa shape index (κ1) is 18.9. The van der Waals surface area contributed by atoms with E-state index in [1.54, 1.807) is 37.4 Å². The normalized spacial score (nSPS) is 21.1. The van der Waals surface area contributed by atoms with Crippen LogP contribution in [0.15, 0.2) is 48.2 Å². The number of methoxy groups -OCH3 is 1. The number of nitriles is 1. The molecule has 0 N–H and O–H groups in total. The van der Waals surface area contributed by atoms with Gasteiger partial charge < -0.3 is 9.64 Å². The van der Waals surface area contributed by atoms with E-state index in [-0.39, 0.29) is 5.91 Å². The molecule has 0 bridgehead atoms. The molecule has 4 nitrogen and oxygen atoms in total. The molecule has 1 amide bonds. The van der Waals surface area contributed by atoms with Crippen molar-refractivity contribution >= 4 is 34.7 Å². The van der Waals surface area contributed by atoms with Gasteiger partial charge in [0, 0.05) is 23.0 Å². The minimum absolute atomic E-state index is 0.0543. The minimum Gasteiger partial charge on any atom is -0.498 e. The molecule has 2 aliphatic heterocycles. The zero-order valence-electron chi connectivity index (χ0n) is 15.3. The Morgan fingerprint density at radius 3 is 2.46 bits per heavy atom. The van der Waals surface area contributed by atoms with Crippen LogP contribution in [-0.2, 0) is 16.0 Å². The van der Waals surface area contributed by atoms with Gasteiger partial charge in [-0.1, -0.05) is 35.3 Å². The number of fused-ring (bicyclic) bond motifs is 1. The predicted octanol–water partition coefficient (Wildman–Crippen LogP) is 4.84. The molecule has 0 aliphatic carbocycles. The van der Waals surface area contributed by atoms with Crippen LogP contribution >= 0.6 is 23.2 Å². The molecule has 2 aromatic carbocycles. The Balaban J connectivity index is 1.83. The quantitative estimate of drug-likeness (QED) is 0.721. The molecule has 2 aliphatic rings. The van der Waals surface area contributed by atoms with Gasteiger partial charge in [-0.3, -0.25) is 4.79 Å². The van der Waals surface area contributed by atoms with Gasteiger partial charge in [0.1, 0.15) is 11.3 Å². The smallest absolute Gasteiger partial charge is 0.258 e. The highest BCUT2D eigenvalue weighted by Gasteiger charge is 2.55. The Labute approximate surface area is 173 Å². The van der Waals surface area contributed by atoms with Gasteiger partial charge in [-0.05, 0) is 54.3 Å². The summed E-state index contributed by atoms with van der Waals surface area (Å²) in [4.78, 5) is 15.2. The standard InChI is InChI=1S/C22H18Cl2N2O2/c1-28-20-19(16-9-17(23)11-18(24)10-16)21(27)26-8-2-7-22(20,26)12-14-3-5-15(13-25)6-4-14/h3-6,9-11H,2,7-8,12H2,1H3/t22-/m1/s1. The Morgan fingerprint density at radius 2 is 1.86 bits per heavy atom. The van der Waals surface area contributed by atoms with E-state index >= 15 is 0 Å². The first-order valence-corrected chi connectivity index (χ1v) is 9.80. The fourth-order valence-corrected chi connectivity index (χ4v) is 4.95. The Kier molecular flexibility index (Phi) is 4.82. The molecule has 1 atom stereocenters. The number of rotatable bonds is 4. The molecule has 6 heteroatoms. The van der Waals surface area contributed by atoms with Gasteiger partial charge in [0.25, 0.3) is 5.91 Å². The lowest BCUT2D eigenvalue weighted by Crippen LogP contribution is -2.45. The molecule has 0 saturated carbocycles. The number of hydrogen-bond donors (Lipinski definition) is 0. The second-order valence-electron chi connectivity index (χ2n) is 7.14. The molecule has 1 saturated heterocycles. The van der Waals surface area contributed by atoms with Crippen LogP contribution in [0.2, 0.25) is 10.0 Å². The molecule has 0 aromatic heterocycles. The third-order valence-corrected chi connectivity index (χ3v) is 5.97. The van der Waals surface area contributed by atoms with Crippen LogP contribution in [0.1, 0.15) is 29.5 Å². The zero-order valence-corrected chi connectivity index (χ0v) is 16.8. The van der Waals surface area contributed by atoms with Crippen LogP contribution in [0.3, 0.4) is 0 Å². The van der Waals surface area contributed by atoms with Crippen molar-refractivity contribution in [3.05, 3.63) is 75.0 Å². The second-order valence-corrected chi connectivity index (χ2v) is 8.02. The summed E-state index contributed by atoms with van der Waals surface area (Å²) >= 11 is 12.4. The molecule has 142 valence electrons. The van der Waals surface area contributed by atoms with E-state index in [2.05, 4.69) is 6.07 Å². The van der Waals surface area contributed by atoms with Gasteiger partial charge >= 0.3 is 0 Å². The summed E-state index contributed by atoms with van der Waals surface area (Å²) in [5, 5.41) is 9.99. The lowest BCUT2D eigenvalue weighted by molar-refractivity contribution is -0.126. The molecule has 0 radical (unpaired) electrons. The maximum atomic E-state index is 13.3. The summed E-state index contributed by atoms with van der Waals surface area (Å²) in [5.41, 5.74) is 2.35. The van der Waals surface area contributed by atoms with Gasteiger partial charge in [0.2, 0.25) is 0 Å². The first-order valence-electron chi connectivity index (χ1n) is 9.05. The summed E-state index contributed by atoms with van der Waals surface area (Å²) < 4.78 is 5.84. The van der Waals surface area contributed by atoms with Crippen LogP contribution in [0.5, 0.6) is 0 Å². The largest absolute Gasteiger partial charge is 0.498 e. The average molecular weight is 413 g/mol. The number of carbonyl (C=O) groups is 1. The minimum atomic E-state index is -0.524. The summed E-state index contributed by atoms with van der Waals surface area (Å²) in [6.45, 7) is 0.680. The van der Waals surface area contributed by atoms with Crippen LogP contribution in [0, 0.1) is 11.3 Å². The first-order chi connectivity index (χ1) is 13.5. The highest BCUT2D eigenvalue weighted by Crippen LogP contribution is 2.49. The average Bonchev–Trinajstić information content (AvgIpc) is 3.18. The van der Waals surface area contributed by atoms with Crippen LogP contribution in [-0.4, -0.2) is 30.0 Å². The van der Waals surface area contributed by atoms with Gasteiger partial charge in [-0.25, -0.2) is 0 Å². The van der Waals surface area contributed by atoms with E-state index in [1.165, 1.54) is 0 Å². The monoisotopic (exact) mass is 412 g/mol. The Morgan fingerprint density at radius 1 is 1.18 bits per heavy atom. The predicted molar refractivity (Wildman–Crippen MR) is 109 cm³/mol. The van der Waals surface area contributed by atoms with Crippen molar-refractivity contribution in [3.63, 3.8) is 0 Å². The SMILES string of the molecule is COC1=C(c2cc(Cl)cc(Cl)c2)C(=O)N2CCC[C@@]12Cc1ccc(C#N)cc1. The Bertz CT molecular complexity index is 1000. The fourth-order valence-electron chi connectivity index (χ4n) is 4.42. The topological polar surface area (TPSA) is 53.3 Å². The van der Waals surface area contributed by atoms with Crippen molar-refractivity contribution in [2.45, 2.75) is 24.8 Å². The van der Waals surface area contributed by atoms with E-state index in [4.69, 9.17) is 33.2 Å². The number of halogens is 2. The highest BCUT2D eigenvalue weighted by atomic mass is 35.5. The van der Waals surface area contributed by atoms with Crippen molar-refractivity contribution in [2.75, 3.05) is 13.7 Å². The van der Waals surface area contributed by atoms with Crippen LogP contribution in [0.25, 0.3) is 5.57 Å². The molecule has 1 fully saturated rings. The molecule has 2 heterocycles. The number of benzene rings is 2. The maximum Gasteiger partial charge on any atom is 0.258 e. The summed E-state index contributed by atoms with van der Waals surface area (Å²) in [6, 6.07) is 14.8. The van der Waals surface area contributed by atoms with Crippen molar-refractivity contribution in [1.29, 1.82) is 5.26 Å².